The zero-order valence-corrected chi connectivity index (χ0v) is 17.8. The molecule has 0 saturated heterocycles. The van der Waals surface area contributed by atoms with Crippen molar-refractivity contribution in [2.45, 2.75) is 12.5 Å². The maximum Gasteiger partial charge on any atom is 0.262 e. The van der Waals surface area contributed by atoms with Crippen LogP contribution in [0.2, 0.25) is 0 Å². The lowest BCUT2D eigenvalue weighted by Gasteiger charge is -2.20. The number of nitrogens with one attached hydrogen (secondary N) is 1. The minimum atomic E-state index is -0.307. The average Bonchev–Trinajstić information content (AvgIpc) is 3.64. The lowest BCUT2D eigenvalue weighted by atomic mass is 10.0. The summed E-state index contributed by atoms with van der Waals surface area (Å²) in [5.41, 5.74) is 3.30. The molecule has 1 aliphatic heterocycles. The van der Waals surface area contributed by atoms with Crippen LogP contribution < -0.4 is 10.1 Å². The molecule has 0 saturated carbocycles. The van der Waals surface area contributed by atoms with Gasteiger partial charge in [-0.1, -0.05) is 6.07 Å². The van der Waals surface area contributed by atoms with E-state index in [0.717, 1.165) is 28.4 Å². The molecule has 1 atom stereocenters. The van der Waals surface area contributed by atoms with Crippen LogP contribution in [-0.2, 0) is 4.79 Å². The minimum absolute atomic E-state index is 0.0651. The zero-order valence-electron chi connectivity index (χ0n) is 17.8. The predicted molar refractivity (Wildman–Crippen MR) is 120 cm³/mol. The first-order valence-electron chi connectivity index (χ1n) is 10.4. The van der Waals surface area contributed by atoms with Crippen LogP contribution in [0.1, 0.15) is 23.8 Å². The highest BCUT2D eigenvalue weighted by Gasteiger charge is 2.34. The van der Waals surface area contributed by atoms with E-state index in [1.807, 2.05) is 60.7 Å². The number of rotatable bonds is 7. The van der Waals surface area contributed by atoms with Gasteiger partial charge in [0.1, 0.15) is 23.9 Å². The number of tetrazole rings is 1. The van der Waals surface area contributed by atoms with Gasteiger partial charge in [0.15, 0.2) is 0 Å². The number of hydrazone groups is 1. The third-order valence-electron chi connectivity index (χ3n) is 5.36. The topological polar surface area (TPSA) is 111 Å². The van der Waals surface area contributed by atoms with Gasteiger partial charge in [-0.2, -0.15) is 5.10 Å². The largest absolute Gasteiger partial charge is 0.497 e. The highest BCUT2D eigenvalue weighted by atomic mass is 16.5. The smallest absolute Gasteiger partial charge is 0.262 e. The molecule has 2 aromatic heterocycles. The molecule has 0 fully saturated rings. The Kier molecular flexibility index (Phi) is 5.54. The summed E-state index contributed by atoms with van der Waals surface area (Å²) in [6, 6.07) is 18.5. The molecule has 166 valence electrons. The van der Waals surface area contributed by atoms with Gasteiger partial charge in [-0.3, -0.25) is 4.79 Å². The number of anilines is 1. The van der Waals surface area contributed by atoms with Crippen molar-refractivity contribution in [1.82, 2.24) is 25.2 Å². The fourth-order valence-corrected chi connectivity index (χ4v) is 3.70. The van der Waals surface area contributed by atoms with Crippen molar-refractivity contribution in [3.63, 3.8) is 0 Å². The molecule has 5 rings (SSSR count). The van der Waals surface area contributed by atoms with E-state index in [4.69, 9.17) is 9.15 Å². The van der Waals surface area contributed by atoms with Gasteiger partial charge in [-0.05, 0) is 70.6 Å². The van der Waals surface area contributed by atoms with Crippen LogP contribution >= 0.6 is 0 Å². The van der Waals surface area contributed by atoms with Crippen LogP contribution in [0.4, 0.5) is 5.69 Å². The molecule has 1 amide bonds. The molecule has 0 spiro atoms. The molecule has 3 heterocycles. The summed E-state index contributed by atoms with van der Waals surface area (Å²) in [6.45, 7) is 0.0651. The highest BCUT2D eigenvalue weighted by Crippen LogP contribution is 2.33. The molecule has 0 bridgehead atoms. The first kappa shape index (κ1) is 20.4. The number of carbonyl (C=O) groups is 1. The maximum absolute atomic E-state index is 13.2. The summed E-state index contributed by atoms with van der Waals surface area (Å²) in [6.07, 6.45) is 3.67. The number of methoxy groups -OCH3 is 1. The monoisotopic (exact) mass is 443 g/mol. The number of hydrogen-bond acceptors (Lipinski definition) is 8. The van der Waals surface area contributed by atoms with Crippen LogP contribution in [-0.4, -0.2) is 50.5 Å². The Morgan fingerprint density at radius 1 is 1.18 bits per heavy atom. The second-order valence-electron chi connectivity index (χ2n) is 7.41. The third-order valence-corrected chi connectivity index (χ3v) is 5.36. The normalized spacial score (nSPS) is 15.4. The van der Waals surface area contributed by atoms with Gasteiger partial charge in [0.25, 0.3) is 5.91 Å². The third kappa shape index (κ3) is 4.31. The molecular formula is C23H21N7O3. The molecule has 10 heteroatoms. The first-order valence-corrected chi connectivity index (χ1v) is 10.4. The summed E-state index contributed by atoms with van der Waals surface area (Å²) >= 11 is 0. The van der Waals surface area contributed by atoms with Crippen LogP contribution in [0.15, 0.2) is 82.8 Å². The van der Waals surface area contributed by atoms with Gasteiger partial charge >= 0.3 is 0 Å². The van der Waals surface area contributed by atoms with E-state index in [1.165, 1.54) is 11.3 Å². The van der Waals surface area contributed by atoms with Crippen molar-refractivity contribution in [1.29, 1.82) is 0 Å². The SMILES string of the molecule is COc1ccc(C2=NN(C(=O)CNc3cccc(-n4cnnn4)c3)C(c3ccco3)C2)cc1. The molecular weight excluding hydrogens is 422 g/mol. The second-order valence-corrected chi connectivity index (χ2v) is 7.41. The minimum Gasteiger partial charge on any atom is -0.497 e. The maximum atomic E-state index is 13.2. The number of aromatic nitrogens is 4. The number of nitrogens with zero attached hydrogens (tertiary/aromatic N) is 6. The Bertz CT molecular complexity index is 1250. The van der Waals surface area contributed by atoms with Crippen molar-refractivity contribution in [2.75, 3.05) is 19.0 Å². The number of furan rings is 1. The van der Waals surface area contributed by atoms with Gasteiger partial charge in [-0.25, -0.2) is 9.69 Å². The van der Waals surface area contributed by atoms with E-state index < -0.39 is 0 Å². The van der Waals surface area contributed by atoms with Crippen LogP contribution in [0.5, 0.6) is 5.75 Å². The lowest BCUT2D eigenvalue weighted by molar-refractivity contribution is -0.131. The van der Waals surface area contributed by atoms with E-state index in [-0.39, 0.29) is 18.5 Å². The molecule has 1 unspecified atom stereocenters. The fourth-order valence-electron chi connectivity index (χ4n) is 3.70. The van der Waals surface area contributed by atoms with Gasteiger partial charge in [0.2, 0.25) is 0 Å². The van der Waals surface area contributed by atoms with Crippen molar-refractivity contribution in [2.24, 2.45) is 5.10 Å². The number of hydrogen-bond donors (Lipinski definition) is 1. The van der Waals surface area contributed by atoms with E-state index >= 15 is 0 Å². The van der Waals surface area contributed by atoms with E-state index in [2.05, 4.69) is 25.9 Å². The summed E-state index contributed by atoms with van der Waals surface area (Å²) in [5, 5.41) is 20.5. The quantitative estimate of drug-likeness (QED) is 0.467. The Labute approximate surface area is 189 Å². The summed E-state index contributed by atoms with van der Waals surface area (Å²) in [7, 11) is 1.63. The molecule has 0 radical (unpaired) electrons. The zero-order chi connectivity index (χ0) is 22.6. The van der Waals surface area contributed by atoms with Gasteiger partial charge in [0.05, 0.1) is 31.3 Å². The fraction of sp³-hybridized carbons (Fsp3) is 0.174. The van der Waals surface area contributed by atoms with Crippen molar-refractivity contribution in [3.05, 3.63) is 84.6 Å². The van der Waals surface area contributed by atoms with Gasteiger partial charge < -0.3 is 14.5 Å². The van der Waals surface area contributed by atoms with Crippen molar-refractivity contribution < 1.29 is 13.9 Å². The molecule has 1 N–H and O–H groups in total. The Morgan fingerprint density at radius 3 is 2.79 bits per heavy atom. The number of carbonyl (C=O) groups excluding carboxylic acids is 1. The number of amides is 1. The Morgan fingerprint density at radius 2 is 2.06 bits per heavy atom. The highest BCUT2D eigenvalue weighted by molar-refractivity contribution is 6.03. The van der Waals surface area contributed by atoms with Crippen LogP contribution in [0.3, 0.4) is 0 Å². The van der Waals surface area contributed by atoms with Gasteiger partial charge in [0, 0.05) is 12.1 Å². The lowest BCUT2D eigenvalue weighted by Crippen LogP contribution is -2.32. The van der Waals surface area contributed by atoms with E-state index in [9.17, 15) is 4.79 Å². The standard InChI is InChI=1S/C23H21N7O3/c1-32-19-9-7-16(8-10-19)20-13-21(22-6-3-11-33-22)30(26-20)23(31)14-24-17-4-2-5-18(12-17)29-15-25-27-28-29/h2-12,15,21,24H,13-14H2,1H3. The molecule has 33 heavy (non-hydrogen) atoms. The van der Waals surface area contributed by atoms with Crippen molar-refractivity contribution >= 4 is 17.3 Å². The van der Waals surface area contributed by atoms with Crippen molar-refractivity contribution in [3.8, 4) is 11.4 Å². The van der Waals surface area contributed by atoms with E-state index in [0.29, 0.717) is 12.2 Å². The molecule has 10 nitrogen and oxygen atoms in total. The predicted octanol–water partition coefficient (Wildman–Crippen LogP) is 3.05. The summed E-state index contributed by atoms with van der Waals surface area (Å²) in [5.74, 6) is 1.28. The molecule has 0 aliphatic carbocycles. The summed E-state index contributed by atoms with van der Waals surface area (Å²) in [4.78, 5) is 13.2. The molecule has 4 aromatic rings. The second kappa shape index (κ2) is 8.95. The Balaban J connectivity index is 1.34. The number of ether oxygens (including phenoxy) is 1. The van der Waals surface area contributed by atoms with Gasteiger partial charge in [-0.15, -0.1) is 5.10 Å². The average molecular weight is 443 g/mol. The molecule has 2 aromatic carbocycles. The van der Waals surface area contributed by atoms with Crippen LogP contribution in [0, 0.1) is 0 Å². The number of benzene rings is 2. The summed E-state index contributed by atoms with van der Waals surface area (Å²) < 4.78 is 12.4. The van der Waals surface area contributed by atoms with E-state index in [1.54, 1.807) is 18.1 Å². The van der Waals surface area contributed by atoms with Crippen LogP contribution in [0.25, 0.3) is 5.69 Å². The Hall–Kier alpha value is -4.47. The first-order chi connectivity index (χ1) is 16.2. The molecule has 1 aliphatic rings.